The molecular formula is C48H40O30. The third-order valence-electron chi connectivity index (χ3n) is 12.4. The van der Waals surface area contributed by atoms with Crippen molar-refractivity contribution in [2.24, 2.45) is 0 Å². The highest BCUT2D eigenvalue weighted by atomic mass is 16.5. The highest BCUT2D eigenvalue weighted by Gasteiger charge is 2.41. The Balaban J connectivity index is 1.82. The van der Waals surface area contributed by atoms with Crippen LogP contribution in [0.3, 0.4) is 0 Å². The van der Waals surface area contributed by atoms with Crippen molar-refractivity contribution in [1.29, 1.82) is 0 Å². The van der Waals surface area contributed by atoms with Gasteiger partial charge in [-0.15, -0.1) is 0 Å². The molecule has 0 amide bonds. The molecule has 0 spiro atoms. The van der Waals surface area contributed by atoms with E-state index in [2.05, 4.69) is 13.2 Å². The average molecular weight is 1100 g/mol. The van der Waals surface area contributed by atoms with Gasteiger partial charge in [-0.1, -0.05) is 13.2 Å². The van der Waals surface area contributed by atoms with Crippen molar-refractivity contribution < 1.29 is 153 Å². The highest BCUT2D eigenvalue weighted by molar-refractivity contribution is 6.28. The van der Waals surface area contributed by atoms with Crippen LogP contribution in [0.25, 0.3) is 60.5 Å². The van der Waals surface area contributed by atoms with Gasteiger partial charge in [-0.25, -0.2) is 0 Å². The number of aliphatic hydroxyl groups is 8. The number of allylic oxidation sites excluding steroid dienone is 1. The van der Waals surface area contributed by atoms with E-state index < -0.39 is 264 Å². The van der Waals surface area contributed by atoms with Gasteiger partial charge in [0.05, 0.1) is 16.7 Å². The molecule has 1 aliphatic rings. The normalized spacial score (nSPS) is 18.7. The smallest absolute Gasteiger partial charge is 0.208 e. The minimum absolute atomic E-state index is 0.816. The number of rotatable bonds is 6. The molecule has 30 nitrogen and oxygen atoms in total. The SMILES string of the molecule is C=C1OC(=C)/C(O)=C(CCO)/C(O)=C(/O)C(O)C/C(c2c3c(O)c(O)c(O)c(O)c3c(-c3c(O)c(O)c(O)c(O)c3-c3c(O)c(O)c(-c4c(O)c(O)c(O)c(O)c4O)c(O)c3O)c3c(O)c(O)c(O)c(O)c23)=C(O)\C(O)=C/1O. The Morgan fingerprint density at radius 1 is 0.308 bits per heavy atom. The summed E-state index contributed by atoms with van der Waals surface area (Å²) in [6, 6.07) is 0. The van der Waals surface area contributed by atoms with Crippen LogP contribution in [0.15, 0.2) is 64.8 Å². The second kappa shape index (κ2) is 18.5. The molecule has 1 heterocycles. The zero-order chi connectivity index (χ0) is 58.7. The Morgan fingerprint density at radius 3 is 0.962 bits per heavy atom. The molecule has 30 heteroatoms. The topological polar surface area (TPSA) is 596 Å². The predicted octanol–water partition coefficient (Wildman–Crippen LogP) is 4.74. The number of hydrogen-bond acceptors (Lipinski definition) is 30. The van der Waals surface area contributed by atoms with Gasteiger partial charge in [0.1, 0.15) is 6.10 Å². The number of benzene rings is 6. The Morgan fingerprint density at radius 2 is 0.590 bits per heavy atom. The molecule has 0 aromatic heterocycles. The molecule has 0 radical (unpaired) electrons. The molecule has 6 aromatic carbocycles. The van der Waals surface area contributed by atoms with Crippen LogP contribution in [0.4, 0.5) is 0 Å². The van der Waals surface area contributed by atoms with Crippen molar-refractivity contribution in [1.82, 2.24) is 0 Å². The summed E-state index contributed by atoms with van der Waals surface area (Å²) in [4.78, 5) is 0. The number of fused-ring (bicyclic) bond motifs is 2. The number of phenolic OH excluding ortho intramolecular Hbond substituents is 21. The first kappa shape index (κ1) is 54.4. The van der Waals surface area contributed by atoms with Crippen molar-refractivity contribution in [3.63, 3.8) is 0 Å². The van der Waals surface area contributed by atoms with E-state index in [1.165, 1.54) is 0 Å². The number of hydrogen-bond donors (Lipinski definition) is 29. The van der Waals surface area contributed by atoms with Crippen molar-refractivity contribution in [3.05, 3.63) is 70.4 Å². The predicted molar refractivity (Wildman–Crippen MR) is 258 cm³/mol. The first-order valence-corrected chi connectivity index (χ1v) is 21.1. The van der Waals surface area contributed by atoms with Gasteiger partial charge < -0.3 is 153 Å². The first-order valence-electron chi connectivity index (χ1n) is 21.1. The largest absolute Gasteiger partial charge is 0.506 e. The second-order valence-electron chi connectivity index (χ2n) is 16.7. The van der Waals surface area contributed by atoms with Gasteiger partial charge in [0.2, 0.25) is 63.3 Å². The van der Waals surface area contributed by atoms with E-state index >= 15 is 0 Å². The quantitative estimate of drug-likeness (QED) is 0.0608. The molecule has 1 atom stereocenters. The van der Waals surface area contributed by atoms with Crippen LogP contribution in [0.5, 0.6) is 121 Å². The van der Waals surface area contributed by atoms with E-state index in [0.29, 0.717) is 0 Å². The molecule has 1 unspecified atom stereocenters. The summed E-state index contributed by atoms with van der Waals surface area (Å²) >= 11 is 0. The fraction of sp³-hybridized carbons (Fsp3) is 0.0833. The minimum Gasteiger partial charge on any atom is -0.506 e. The summed E-state index contributed by atoms with van der Waals surface area (Å²) in [6.07, 6.45) is -5.32. The van der Waals surface area contributed by atoms with Gasteiger partial charge in [-0.05, 0) is 0 Å². The lowest BCUT2D eigenvalue weighted by atomic mass is 9.79. The lowest BCUT2D eigenvalue weighted by Crippen LogP contribution is -2.16. The van der Waals surface area contributed by atoms with E-state index in [9.17, 15) is 148 Å². The van der Waals surface area contributed by atoms with Crippen molar-refractivity contribution in [2.75, 3.05) is 6.61 Å². The van der Waals surface area contributed by atoms with Gasteiger partial charge in [-0.3, -0.25) is 0 Å². The second-order valence-corrected chi connectivity index (χ2v) is 16.7. The summed E-state index contributed by atoms with van der Waals surface area (Å²) < 4.78 is 5.11. The van der Waals surface area contributed by atoms with Crippen LogP contribution >= 0.6 is 0 Å². The number of ether oxygens (including phenoxy) is 1. The van der Waals surface area contributed by atoms with E-state index in [4.69, 9.17) is 4.74 Å². The molecule has 78 heavy (non-hydrogen) atoms. The number of aromatic hydroxyl groups is 21. The van der Waals surface area contributed by atoms with Crippen molar-refractivity contribution in [3.8, 4) is 154 Å². The summed E-state index contributed by atoms with van der Waals surface area (Å²) in [5.74, 6) is -51.0. The van der Waals surface area contributed by atoms with E-state index in [-0.39, 0.29) is 0 Å². The Bertz CT molecular complexity index is 3740. The third-order valence-corrected chi connectivity index (χ3v) is 12.4. The lowest BCUT2D eigenvalue weighted by molar-refractivity contribution is 0.143. The van der Waals surface area contributed by atoms with Gasteiger partial charge in [0.25, 0.3) is 0 Å². The van der Waals surface area contributed by atoms with E-state index in [0.717, 1.165) is 0 Å². The van der Waals surface area contributed by atoms with Gasteiger partial charge in [0, 0.05) is 74.4 Å². The average Bonchev–Trinajstić information content (AvgIpc) is 3.58. The Kier molecular flexibility index (Phi) is 12.9. The summed E-state index contributed by atoms with van der Waals surface area (Å²) in [6.45, 7) is 5.66. The molecule has 412 valence electrons. The lowest BCUT2D eigenvalue weighted by Gasteiger charge is -2.27. The van der Waals surface area contributed by atoms with E-state index in [1.54, 1.807) is 0 Å². The molecule has 7 rings (SSSR count). The van der Waals surface area contributed by atoms with E-state index in [1.807, 2.05) is 0 Å². The van der Waals surface area contributed by atoms with Crippen LogP contribution in [0.2, 0.25) is 0 Å². The number of aliphatic hydroxyl groups excluding tert-OH is 8. The summed E-state index contributed by atoms with van der Waals surface area (Å²) in [5.41, 5.74) is -13.7. The van der Waals surface area contributed by atoms with Crippen LogP contribution in [0.1, 0.15) is 18.4 Å². The third kappa shape index (κ3) is 7.42. The minimum atomic E-state index is -2.82. The van der Waals surface area contributed by atoms with Gasteiger partial charge in [-0.2, -0.15) is 0 Å². The fourth-order valence-corrected chi connectivity index (χ4v) is 8.63. The fourth-order valence-electron chi connectivity index (χ4n) is 8.63. The van der Waals surface area contributed by atoms with Crippen LogP contribution in [-0.2, 0) is 4.74 Å². The molecule has 0 aliphatic carbocycles. The molecule has 6 aromatic rings. The molecule has 0 fully saturated rings. The maximum atomic E-state index is 12.0. The standard InChI is InChI=1S/C48H40O30/c1-6-22(51)8(3-4-49)24(53)26(55)10(50)5-9(25(54)39(68)23(52)7(2)78-6)11-13-15(29(58)42(71)40(69)27(13)56)12(16-14(11)28(57)41(70)43(72)30(16)59)17-18(32(61)45(74)44(73)31(17)60)19-33(62)35(64)20(36(65)34(19)63)21-37(66)46(75)48(77)47(76)38(21)67/h10,49-77H,1-5H2/b22-8-,25-9-,26-24-,39-23-. The summed E-state index contributed by atoms with van der Waals surface area (Å²) in [7, 11) is 0. The Hall–Kier alpha value is -11.4. The zero-order valence-electron chi connectivity index (χ0n) is 38.5. The number of phenols is 21. The van der Waals surface area contributed by atoms with Gasteiger partial charge >= 0.3 is 0 Å². The Labute approximate surface area is 429 Å². The van der Waals surface area contributed by atoms with Gasteiger partial charge in [0.15, 0.2) is 104 Å². The molecule has 0 saturated carbocycles. The monoisotopic (exact) mass is 1100 g/mol. The maximum Gasteiger partial charge on any atom is 0.208 e. The molecule has 29 N–H and O–H groups in total. The zero-order valence-corrected chi connectivity index (χ0v) is 38.5. The first-order chi connectivity index (χ1) is 36.2. The molecule has 0 saturated heterocycles. The van der Waals surface area contributed by atoms with Crippen LogP contribution < -0.4 is 0 Å². The van der Waals surface area contributed by atoms with Crippen molar-refractivity contribution >= 4 is 27.1 Å². The summed E-state index contributed by atoms with van der Waals surface area (Å²) in [5, 5.41) is 319. The highest BCUT2D eigenvalue weighted by Crippen LogP contribution is 2.69. The van der Waals surface area contributed by atoms with Crippen LogP contribution in [0, 0.1) is 0 Å². The van der Waals surface area contributed by atoms with Crippen LogP contribution in [-0.4, -0.2) is 161 Å². The molecular weight excluding hydrogens is 1060 g/mol. The van der Waals surface area contributed by atoms with Crippen molar-refractivity contribution in [2.45, 2.75) is 18.9 Å². The maximum absolute atomic E-state index is 12.0. The molecule has 0 bridgehead atoms. The molecule has 1 aliphatic heterocycles.